The van der Waals surface area contributed by atoms with Crippen LogP contribution in [0.25, 0.3) is 0 Å². The SMILES string of the molecule is COC(=O)C(F)(C(F)(F)F)C(F)(F)OC(F)(F)C(F)(OC(F)(F)C(F)(F)C(F)(F)F)C(F)(F)F. The Kier molecular flexibility index (Phi) is 7.85. The maximum absolute atomic E-state index is 13.7. The number of hydrogen-bond acceptors (Lipinski definition) is 4. The Balaban J connectivity index is 6.84. The first-order valence-corrected chi connectivity index (χ1v) is 6.97. The van der Waals surface area contributed by atoms with Gasteiger partial charge < -0.3 is 4.74 Å². The fourth-order valence-corrected chi connectivity index (χ4v) is 1.53. The highest BCUT2D eigenvalue weighted by molar-refractivity contribution is 5.81. The summed E-state index contributed by atoms with van der Waals surface area (Å²) in [5, 5.41) is 0. The summed E-state index contributed by atoms with van der Waals surface area (Å²) in [6.07, 6.45) is -47.3. The average molecular weight is 560 g/mol. The molecule has 0 heterocycles. The van der Waals surface area contributed by atoms with Gasteiger partial charge in [0.15, 0.2) is 0 Å². The van der Waals surface area contributed by atoms with Gasteiger partial charge in [0, 0.05) is 0 Å². The van der Waals surface area contributed by atoms with Crippen molar-refractivity contribution in [2.24, 2.45) is 0 Å². The molecule has 0 fully saturated rings. The van der Waals surface area contributed by atoms with Gasteiger partial charge in [-0.05, 0) is 0 Å². The van der Waals surface area contributed by atoms with Crippen molar-refractivity contribution in [3.05, 3.63) is 0 Å². The molecule has 0 spiro atoms. The Hall–Kier alpha value is -1.94. The number of rotatable bonds is 8. The van der Waals surface area contributed by atoms with E-state index in [-0.39, 0.29) is 7.11 Å². The molecule has 0 radical (unpaired) electrons. The highest BCUT2D eigenvalue weighted by Crippen LogP contribution is 2.57. The highest BCUT2D eigenvalue weighted by atomic mass is 19.4. The van der Waals surface area contributed by atoms with E-state index in [1.165, 1.54) is 4.74 Å². The van der Waals surface area contributed by atoms with Crippen LogP contribution < -0.4 is 0 Å². The van der Waals surface area contributed by atoms with Gasteiger partial charge in [-0.3, -0.25) is 4.74 Å². The molecule has 0 aliphatic rings. The first-order chi connectivity index (χ1) is 14.4. The number of esters is 1. The molecule has 4 nitrogen and oxygen atoms in total. The van der Waals surface area contributed by atoms with Crippen LogP contribution in [0.3, 0.4) is 0 Å². The van der Waals surface area contributed by atoms with Crippen LogP contribution >= 0.6 is 0 Å². The zero-order chi connectivity index (χ0) is 28.2. The number of carbonyl (C=O) groups is 1. The molecule has 0 saturated carbocycles. The van der Waals surface area contributed by atoms with Crippen molar-refractivity contribution >= 4 is 5.97 Å². The van der Waals surface area contributed by atoms with Crippen molar-refractivity contribution in [3.8, 4) is 0 Å². The standard InChI is InChI=1S/C11H3F19O4/c1-32-2(31)3(12,6(16,17)18)9(25,26)34-11(29,30)5(15,8(22,23)24)33-10(27,28)4(13,14)7(19,20)21/h1H3. The molecule has 0 aromatic carbocycles. The molecule has 23 heteroatoms. The predicted octanol–water partition coefficient (Wildman–Crippen LogP) is 5.67. The van der Waals surface area contributed by atoms with E-state index < -0.39 is 60.3 Å². The summed E-state index contributed by atoms with van der Waals surface area (Å²) in [5.41, 5.74) is -7.26. The van der Waals surface area contributed by atoms with E-state index >= 15 is 0 Å². The predicted molar refractivity (Wildman–Crippen MR) is 59.8 cm³/mol. The van der Waals surface area contributed by atoms with E-state index in [9.17, 15) is 88.2 Å². The van der Waals surface area contributed by atoms with Crippen LogP contribution in [0.5, 0.6) is 0 Å². The zero-order valence-electron chi connectivity index (χ0n) is 14.8. The molecule has 204 valence electrons. The molecular formula is C11H3F19O4. The number of carbonyl (C=O) groups excluding carboxylic acids is 1. The highest BCUT2D eigenvalue weighted by Gasteiger charge is 2.87. The summed E-state index contributed by atoms with van der Waals surface area (Å²) < 4.78 is 249. The van der Waals surface area contributed by atoms with Gasteiger partial charge >= 0.3 is 60.3 Å². The van der Waals surface area contributed by atoms with Gasteiger partial charge in [-0.25, -0.2) is 13.9 Å². The van der Waals surface area contributed by atoms with E-state index in [4.69, 9.17) is 0 Å². The quantitative estimate of drug-likeness (QED) is 0.284. The first kappa shape index (κ1) is 32.1. The lowest BCUT2D eigenvalue weighted by atomic mass is 10.0. The summed E-state index contributed by atoms with van der Waals surface area (Å²) in [5.74, 6) is -20.2. The van der Waals surface area contributed by atoms with Gasteiger partial charge in [0.1, 0.15) is 0 Å². The molecule has 0 aromatic heterocycles. The summed E-state index contributed by atoms with van der Waals surface area (Å²) in [7, 11) is -0.353. The topological polar surface area (TPSA) is 44.8 Å². The second-order valence-electron chi connectivity index (χ2n) is 5.57. The fourth-order valence-electron chi connectivity index (χ4n) is 1.53. The number of hydrogen-bond donors (Lipinski definition) is 0. The fraction of sp³-hybridized carbons (Fsp3) is 0.909. The first-order valence-electron chi connectivity index (χ1n) is 6.97. The Morgan fingerprint density at radius 3 is 1.15 bits per heavy atom. The van der Waals surface area contributed by atoms with E-state index in [0.29, 0.717) is 0 Å². The molecule has 0 aliphatic heterocycles. The molecule has 0 amide bonds. The van der Waals surface area contributed by atoms with Gasteiger partial charge in [-0.1, -0.05) is 0 Å². The van der Waals surface area contributed by atoms with Crippen LogP contribution in [-0.2, 0) is 19.0 Å². The van der Waals surface area contributed by atoms with E-state index in [1.807, 2.05) is 0 Å². The number of alkyl halides is 19. The van der Waals surface area contributed by atoms with Crippen molar-refractivity contribution < 1.29 is 102 Å². The maximum Gasteiger partial charge on any atom is 0.462 e. The Morgan fingerprint density at radius 2 is 0.882 bits per heavy atom. The Bertz CT molecular complexity index is 751. The van der Waals surface area contributed by atoms with Crippen LogP contribution in [0.2, 0.25) is 0 Å². The van der Waals surface area contributed by atoms with Gasteiger partial charge in [0.25, 0.3) is 0 Å². The van der Waals surface area contributed by atoms with Gasteiger partial charge in [0.2, 0.25) is 0 Å². The van der Waals surface area contributed by atoms with E-state index in [0.717, 1.165) is 4.74 Å². The average Bonchev–Trinajstić information content (AvgIpc) is 2.55. The monoisotopic (exact) mass is 560 g/mol. The van der Waals surface area contributed by atoms with Crippen LogP contribution in [0.4, 0.5) is 83.4 Å². The second kappa shape index (κ2) is 8.33. The molecular weight excluding hydrogens is 557 g/mol. The molecule has 0 N–H and O–H groups in total. The van der Waals surface area contributed by atoms with Gasteiger partial charge in [0.05, 0.1) is 7.11 Å². The Labute approximate surface area is 171 Å². The van der Waals surface area contributed by atoms with Crippen LogP contribution in [0, 0.1) is 0 Å². The lowest BCUT2D eigenvalue weighted by Crippen LogP contribution is -2.69. The molecule has 0 rings (SSSR count). The largest absolute Gasteiger partial charge is 0.466 e. The third-order valence-corrected chi connectivity index (χ3v) is 3.24. The Morgan fingerprint density at radius 1 is 0.500 bits per heavy atom. The number of ether oxygens (including phenoxy) is 3. The molecule has 0 saturated heterocycles. The zero-order valence-corrected chi connectivity index (χ0v) is 14.8. The summed E-state index contributed by atoms with van der Waals surface area (Å²) in [4.78, 5) is 10.7. The van der Waals surface area contributed by atoms with Crippen molar-refractivity contribution in [1.29, 1.82) is 0 Å². The molecule has 34 heavy (non-hydrogen) atoms. The normalized spacial score (nSPS) is 18.8. The lowest BCUT2D eigenvalue weighted by molar-refractivity contribution is -0.557. The molecule has 2 unspecified atom stereocenters. The van der Waals surface area contributed by atoms with Crippen molar-refractivity contribution in [1.82, 2.24) is 0 Å². The van der Waals surface area contributed by atoms with E-state index in [2.05, 4.69) is 4.74 Å². The van der Waals surface area contributed by atoms with E-state index in [1.54, 1.807) is 0 Å². The van der Waals surface area contributed by atoms with Gasteiger partial charge in [-0.2, -0.15) is 79.0 Å². The summed E-state index contributed by atoms with van der Waals surface area (Å²) in [6.45, 7) is 0. The van der Waals surface area contributed by atoms with Crippen LogP contribution in [-0.4, -0.2) is 67.4 Å². The third-order valence-electron chi connectivity index (χ3n) is 3.24. The minimum Gasteiger partial charge on any atom is -0.466 e. The maximum atomic E-state index is 13.7. The van der Waals surface area contributed by atoms with Crippen LogP contribution in [0.1, 0.15) is 0 Å². The third kappa shape index (κ3) is 4.89. The second-order valence-corrected chi connectivity index (χ2v) is 5.57. The summed E-state index contributed by atoms with van der Waals surface area (Å²) >= 11 is 0. The van der Waals surface area contributed by atoms with Crippen molar-refractivity contribution in [3.63, 3.8) is 0 Å². The van der Waals surface area contributed by atoms with Crippen molar-refractivity contribution in [2.45, 2.75) is 54.3 Å². The molecule has 0 aromatic rings. The number of methoxy groups -OCH3 is 1. The molecule has 0 aliphatic carbocycles. The smallest absolute Gasteiger partial charge is 0.462 e. The minimum atomic E-state index is -8.27. The molecule has 2 atom stereocenters. The number of halogens is 19. The van der Waals surface area contributed by atoms with Crippen molar-refractivity contribution in [2.75, 3.05) is 7.11 Å². The van der Waals surface area contributed by atoms with Gasteiger partial charge in [-0.15, -0.1) is 0 Å². The minimum absolute atomic E-state index is 0.353. The van der Waals surface area contributed by atoms with Crippen LogP contribution in [0.15, 0.2) is 0 Å². The summed E-state index contributed by atoms with van der Waals surface area (Å²) in [6, 6.07) is 0. The molecule has 0 bridgehead atoms. The lowest BCUT2D eigenvalue weighted by Gasteiger charge is -2.40.